The minimum atomic E-state index is -0.679. The number of nitrogens with one attached hydrogen (secondary N) is 6. The zero-order chi connectivity index (χ0) is 74.2. The molecule has 9 heterocycles. The molecule has 12 aromatic rings. The molecule has 105 heavy (non-hydrogen) atoms. The Hall–Kier alpha value is -13.9. The fourth-order valence-corrected chi connectivity index (χ4v) is 10.2. The van der Waals surface area contributed by atoms with Crippen molar-refractivity contribution in [2.24, 2.45) is 22.9 Å². The SMILES string of the molecule is C[C@H](N)C(=O)Nc1ccc(C(=O)Cn2c(-c3nonc3NCCC#N)nc3ccccc32)cn1.N#CCCNc1nonc1-c1nc2ccccc2n1CC(=O)c1ccc(NC(=O)CN)nc1.N#CCCNc1nonc1-c1nc2ccccc2n1CC(=O)c1ccc(NC(=O)[C@@H](N)CCCCN)nc1. The van der Waals surface area contributed by atoms with Gasteiger partial charge in [-0.3, -0.25) is 28.8 Å². The van der Waals surface area contributed by atoms with Gasteiger partial charge in [-0.05, 0) is 130 Å². The number of benzene rings is 3. The first-order valence-electron chi connectivity index (χ1n) is 32.6. The lowest BCUT2D eigenvalue weighted by Crippen LogP contribution is -2.35. The number of carbonyl (C=O) groups is 6. The minimum Gasteiger partial charge on any atom is -0.364 e. The van der Waals surface area contributed by atoms with Crippen molar-refractivity contribution < 1.29 is 42.7 Å². The van der Waals surface area contributed by atoms with Crippen molar-refractivity contribution in [3.63, 3.8) is 0 Å². The Labute approximate surface area is 595 Å². The van der Waals surface area contributed by atoms with Gasteiger partial charge in [0.05, 0.1) is 109 Å². The zero-order valence-corrected chi connectivity index (χ0v) is 56.2. The molecule has 3 amide bonds. The van der Waals surface area contributed by atoms with E-state index in [1.165, 1.54) is 24.7 Å². The number of nitrogens with zero attached hydrogens (tertiary/aromatic N) is 18. The van der Waals surface area contributed by atoms with E-state index in [0.29, 0.717) is 135 Å². The third-order valence-electron chi connectivity index (χ3n) is 15.5. The fourth-order valence-electron chi connectivity index (χ4n) is 10.2. The lowest BCUT2D eigenvalue weighted by Gasteiger charge is -2.12. The van der Waals surface area contributed by atoms with Gasteiger partial charge in [-0.25, -0.2) is 43.8 Å². The van der Waals surface area contributed by atoms with Crippen LogP contribution in [0.1, 0.15) is 76.5 Å². The van der Waals surface area contributed by atoms with Crippen molar-refractivity contribution >= 4 is 103 Å². The molecular formula is C68H68N28O9. The van der Waals surface area contributed by atoms with Crippen LogP contribution >= 0.6 is 0 Å². The molecule has 0 fully saturated rings. The van der Waals surface area contributed by atoms with Gasteiger partial charge in [0.25, 0.3) is 0 Å². The third kappa shape index (κ3) is 18.7. The average molecular weight is 1420 g/mol. The van der Waals surface area contributed by atoms with Gasteiger partial charge in [-0.2, -0.15) is 15.8 Å². The smallest absolute Gasteiger partial charge is 0.242 e. The molecule has 0 saturated carbocycles. The summed E-state index contributed by atoms with van der Waals surface area (Å²) in [6, 6.07) is 36.3. The Morgan fingerprint density at radius 3 is 1.14 bits per heavy atom. The predicted molar refractivity (Wildman–Crippen MR) is 380 cm³/mol. The summed E-state index contributed by atoms with van der Waals surface area (Å²) in [5, 5.41) is 66.6. The first-order valence-corrected chi connectivity index (χ1v) is 32.6. The Morgan fingerprint density at radius 2 is 0.819 bits per heavy atom. The van der Waals surface area contributed by atoms with Crippen LogP contribution in [-0.4, -0.2) is 154 Å². The van der Waals surface area contributed by atoms with E-state index in [1.807, 2.05) is 84.9 Å². The van der Waals surface area contributed by atoms with Crippen molar-refractivity contribution in [2.75, 3.05) is 64.6 Å². The van der Waals surface area contributed by atoms with Crippen molar-refractivity contribution in [2.45, 2.75) is 77.2 Å². The number of hydrogen-bond acceptors (Lipinski definition) is 31. The van der Waals surface area contributed by atoms with Crippen LogP contribution in [0.3, 0.4) is 0 Å². The highest BCUT2D eigenvalue weighted by Crippen LogP contribution is 2.32. The van der Waals surface area contributed by atoms with Gasteiger partial charge in [0.2, 0.25) is 35.2 Å². The van der Waals surface area contributed by atoms with Gasteiger partial charge in [0.15, 0.2) is 51.9 Å². The van der Waals surface area contributed by atoms with Crippen LogP contribution in [-0.2, 0) is 34.0 Å². The van der Waals surface area contributed by atoms with Crippen LogP contribution in [0.15, 0.2) is 142 Å². The number of hydrogen-bond donors (Lipinski definition) is 10. The normalized spacial score (nSPS) is 11.4. The molecule has 0 spiro atoms. The van der Waals surface area contributed by atoms with Crippen LogP contribution in [0.5, 0.6) is 0 Å². The lowest BCUT2D eigenvalue weighted by atomic mass is 10.1. The van der Waals surface area contributed by atoms with Crippen molar-refractivity contribution in [1.29, 1.82) is 15.8 Å². The number of fused-ring (bicyclic) bond motifs is 3. The maximum atomic E-state index is 13.2. The number of unbranched alkanes of at least 4 members (excludes halogenated alkanes) is 1. The molecule has 14 N–H and O–H groups in total. The predicted octanol–water partition coefficient (Wildman–Crippen LogP) is 5.65. The van der Waals surface area contributed by atoms with E-state index in [-0.39, 0.29) is 80.5 Å². The molecule has 0 saturated heterocycles. The monoisotopic (exact) mass is 1420 g/mol. The molecule has 37 heteroatoms. The van der Waals surface area contributed by atoms with Crippen LogP contribution < -0.4 is 54.8 Å². The zero-order valence-electron chi connectivity index (χ0n) is 56.2. The van der Waals surface area contributed by atoms with Crippen molar-refractivity contribution in [3.8, 4) is 52.8 Å². The number of nitrogens with two attached hydrogens (primary N) is 4. The number of anilines is 6. The number of carbonyl (C=O) groups excluding carboxylic acids is 6. The van der Waals surface area contributed by atoms with E-state index in [1.54, 1.807) is 51.0 Å². The third-order valence-corrected chi connectivity index (χ3v) is 15.5. The average Bonchev–Trinajstić information content (AvgIpc) is 1.64. The molecule has 0 aliphatic heterocycles. The lowest BCUT2D eigenvalue weighted by molar-refractivity contribution is -0.118. The molecule has 37 nitrogen and oxygen atoms in total. The van der Waals surface area contributed by atoms with Gasteiger partial charge in [-0.1, -0.05) is 42.8 Å². The first kappa shape index (κ1) is 73.8. The second-order valence-corrected chi connectivity index (χ2v) is 22.9. The first-order chi connectivity index (χ1) is 51.1. The number of pyridine rings is 3. The molecule has 3 aromatic carbocycles. The van der Waals surface area contributed by atoms with Gasteiger partial charge in [0, 0.05) is 54.9 Å². The molecular weight excluding hydrogens is 1350 g/mol. The highest BCUT2D eigenvalue weighted by Gasteiger charge is 2.27. The summed E-state index contributed by atoms with van der Waals surface area (Å²) >= 11 is 0. The minimum absolute atomic E-state index is 0.0451. The Morgan fingerprint density at radius 1 is 0.467 bits per heavy atom. The molecule has 0 aliphatic rings. The maximum Gasteiger partial charge on any atom is 0.242 e. The van der Waals surface area contributed by atoms with Crippen LogP contribution in [0, 0.1) is 34.0 Å². The molecule has 12 rings (SSSR count). The van der Waals surface area contributed by atoms with E-state index in [9.17, 15) is 28.8 Å². The fraction of sp³-hybridized carbons (Fsp3) is 0.250. The number of aromatic nitrogens is 15. The summed E-state index contributed by atoms with van der Waals surface area (Å²) in [6.07, 6.45) is 7.09. The summed E-state index contributed by atoms with van der Waals surface area (Å²) in [5.41, 5.74) is 28.5. The molecule has 9 aromatic heterocycles. The topological polar surface area (TPSA) is 559 Å². The molecule has 0 aliphatic carbocycles. The largest absolute Gasteiger partial charge is 0.364 e. The van der Waals surface area contributed by atoms with Gasteiger partial charge in [-0.15, -0.1) is 0 Å². The summed E-state index contributed by atoms with van der Waals surface area (Å²) in [6.45, 7) is 2.87. The highest BCUT2D eigenvalue weighted by molar-refractivity contribution is 6.01. The Kier molecular flexibility index (Phi) is 25.2. The van der Waals surface area contributed by atoms with Crippen LogP contribution in [0.2, 0.25) is 0 Å². The van der Waals surface area contributed by atoms with E-state index in [2.05, 4.69) is 98.8 Å². The number of amides is 3. The number of nitriles is 3. The molecule has 534 valence electrons. The maximum absolute atomic E-state index is 13.2. The van der Waals surface area contributed by atoms with Crippen LogP contribution in [0.4, 0.5) is 34.9 Å². The Balaban J connectivity index is 0.000000169. The van der Waals surface area contributed by atoms with E-state index >= 15 is 0 Å². The molecule has 2 atom stereocenters. The van der Waals surface area contributed by atoms with E-state index in [4.69, 9.17) is 52.6 Å². The van der Waals surface area contributed by atoms with Crippen molar-refractivity contribution in [3.05, 3.63) is 144 Å². The molecule has 0 radical (unpaired) electrons. The van der Waals surface area contributed by atoms with Crippen LogP contribution in [0.25, 0.3) is 67.7 Å². The summed E-state index contributed by atoms with van der Waals surface area (Å²) in [7, 11) is 0. The molecule has 0 unspecified atom stereocenters. The van der Waals surface area contributed by atoms with E-state index in [0.717, 1.165) is 29.4 Å². The number of imidazole rings is 3. The number of ketones is 3. The van der Waals surface area contributed by atoms with Gasteiger partial charge in [0.1, 0.15) is 17.5 Å². The number of rotatable bonds is 31. The summed E-state index contributed by atoms with van der Waals surface area (Å²) < 4.78 is 19.9. The summed E-state index contributed by atoms with van der Waals surface area (Å²) in [5.74, 6) is 1.29. The van der Waals surface area contributed by atoms with Gasteiger partial charge < -0.3 is 68.5 Å². The second-order valence-electron chi connectivity index (χ2n) is 22.9. The molecule has 0 bridgehead atoms. The second kappa shape index (κ2) is 35.9. The Bertz CT molecular complexity index is 5150. The van der Waals surface area contributed by atoms with Gasteiger partial charge >= 0.3 is 0 Å². The van der Waals surface area contributed by atoms with E-state index < -0.39 is 12.1 Å². The number of para-hydroxylation sites is 6. The highest BCUT2D eigenvalue weighted by atomic mass is 16.6. The quantitative estimate of drug-likeness (QED) is 0.0185. The standard InChI is InChI=1S/C25H28N10O3.C22H21N9O3.C21H19N9O3/c26-11-4-3-6-17(28)25(37)32-21-10-9-16(14-30-21)20(36)15-35-19-8-2-1-7-18(19)31-24(35)22-23(34-38-33-22)29-13-5-12-27;1-13(24)22(33)28-18-8-7-14(11-26-18)17(32)12-31-16-6-3-2-5-15(16)27-21(31)19-20(30-34-29-19)25-10-4-9-23;22-8-3-9-24-20-19(28-33-29-20)21-26-14-4-1-2-5-15(14)30(21)12-16(31)13-6-7-17(25-11-13)27-18(32)10-23/h1-2,7-10,14,17H,3-6,11,13,15,26,28H2,(H,29,34)(H,30,32,37);2-3,5-8,11,13H,4,10,12,24H2,1H3,(H,25,30)(H,26,28,33);1-2,4-7,11H,3,9-10,12,23H2,(H,24,29)(H,25,27,32)/t17-;13-;/m00./s1. The summed E-state index contributed by atoms with van der Waals surface area (Å²) in [4.78, 5) is 101. The number of Topliss-reactive ketones (excluding diaryl/α,β-unsaturated/α-hetero) is 3. The van der Waals surface area contributed by atoms with Crippen molar-refractivity contribution in [1.82, 2.24) is 74.5 Å².